The van der Waals surface area contributed by atoms with E-state index >= 15 is 0 Å². The summed E-state index contributed by atoms with van der Waals surface area (Å²) in [7, 11) is 0. The maximum atomic E-state index is 12.4. The Bertz CT molecular complexity index is 364. The summed E-state index contributed by atoms with van der Waals surface area (Å²) >= 11 is 0. The highest BCUT2D eigenvalue weighted by atomic mass is 19.4. The molecule has 1 aliphatic rings. The second-order valence-corrected chi connectivity index (χ2v) is 4.14. The van der Waals surface area contributed by atoms with Crippen LogP contribution in [0.15, 0.2) is 6.07 Å². The van der Waals surface area contributed by atoms with Gasteiger partial charge in [-0.2, -0.15) is 18.3 Å². The molecule has 0 amide bonds. The molecule has 0 spiro atoms. The lowest BCUT2D eigenvalue weighted by Crippen LogP contribution is -2.27. The zero-order chi connectivity index (χ0) is 11.8. The summed E-state index contributed by atoms with van der Waals surface area (Å²) in [5.74, 6) is 0. The average molecular weight is 233 g/mol. The van der Waals surface area contributed by atoms with E-state index in [1.54, 1.807) is 6.92 Å². The summed E-state index contributed by atoms with van der Waals surface area (Å²) in [6.45, 7) is 3.11. The fraction of sp³-hybridized carbons (Fsp3) is 0.700. The van der Waals surface area contributed by atoms with E-state index in [-0.39, 0.29) is 6.04 Å². The Morgan fingerprint density at radius 3 is 2.81 bits per heavy atom. The van der Waals surface area contributed by atoms with Crippen LogP contribution in [-0.2, 0) is 12.7 Å². The Morgan fingerprint density at radius 1 is 1.56 bits per heavy atom. The molecule has 16 heavy (non-hydrogen) atoms. The summed E-state index contributed by atoms with van der Waals surface area (Å²) in [6, 6.07) is 1.34. The van der Waals surface area contributed by atoms with Crippen LogP contribution in [0.25, 0.3) is 0 Å². The molecule has 0 saturated carbocycles. The van der Waals surface area contributed by atoms with Crippen LogP contribution in [0.1, 0.15) is 24.2 Å². The van der Waals surface area contributed by atoms with Gasteiger partial charge in [0.25, 0.3) is 0 Å². The first-order valence-corrected chi connectivity index (χ1v) is 5.32. The van der Waals surface area contributed by atoms with Crippen molar-refractivity contribution in [1.29, 1.82) is 0 Å². The van der Waals surface area contributed by atoms with Crippen molar-refractivity contribution in [2.75, 3.05) is 6.54 Å². The first-order valence-electron chi connectivity index (χ1n) is 5.32. The highest BCUT2D eigenvalue weighted by Gasteiger charge is 2.34. The van der Waals surface area contributed by atoms with Crippen molar-refractivity contribution < 1.29 is 13.2 Å². The van der Waals surface area contributed by atoms with E-state index in [0.717, 1.165) is 25.5 Å². The smallest absolute Gasteiger partial charge is 0.312 e. The van der Waals surface area contributed by atoms with Gasteiger partial charge in [0.05, 0.1) is 6.54 Å². The minimum absolute atomic E-state index is 0.250. The van der Waals surface area contributed by atoms with Crippen LogP contribution in [0.2, 0.25) is 0 Å². The predicted molar refractivity (Wildman–Crippen MR) is 53.0 cm³/mol. The SMILES string of the molecule is Cc1cc(C(F)(F)F)nn1C[C@H]1CCCN1. The van der Waals surface area contributed by atoms with E-state index in [2.05, 4.69) is 10.4 Å². The fourth-order valence-corrected chi connectivity index (χ4v) is 1.95. The van der Waals surface area contributed by atoms with E-state index in [4.69, 9.17) is 0 Å². The van der Waals surface area contributed by atoms with Gasteiger partial charge in [0.1, 0.15) is 0 Å². The van der Waals surface area contributed by atoms with Gasteiger partial charge in [0.15, 0.2) is 5.69 Å². The monoisotopic (exact) mass is 233 g/mol. The molecule has 2 rings (SSSR count). The fourth-order valence-electron chi connectivity index (χ4n) is 1.95. The number of hydrogen-bond donors (Lipinski definition) is 1. The van der Waals surface area contributed by atoms with Gasteiger partial charge in [-0.1, -0.05) is 0 Å². The van der Waals surface area contributed by atoms with Crippen molar-refractivity contribution in [1.82, 2.24) is 15.1 Å². The van der Waals surface area contributed by atoms with Crippen LogP contribution in [0.4, 0.5) is 13.2 Å². The minimum Gasteiger partial charge on any atom is -0.312 e. The number of alkyl halides is 3. The Labute approximate surface area is 91.6 Å². The molecule has 1 aromatic heterocycles. The van der Waals surface area contributed by atoms with Gasteiger partial charge in [-0.05, 0) is 32.4 Å². The lowest BCUT2D eigenvalue weighted by molar-refractivity contribution is -0.141. The van der Waals surface area contributed by atoms with E-state index in [9.17, 15) is 13.2 Å². The van der Waals surface area contributed by atoms with Crippen LogP contribution >= 0.6 is 0 Å². The summed E-state index contributed by atoms with van der Waals surface area (Å²) in [4.78, 5) is 0. The van der Waals surface area contributed by atoms with Gasteiger partial charge in [0.2, 0.25) is 0 Å². The molecule has 0 unspecified atom stereocenters. The molecule has 0 radical (unpaired) electrons. The zero-order valence-corrected chi connectivity index (χ0v) is 9.01. The number of hydrogen-bond acceptors (Lipinski definition) is 2. The van der Waals surface area contributed by atoms with Crippen LogP contribution < -0.4 is 5.32 Å². The molecule has 1 atom stereocenters. The molecule has 1 aromatic rings. The second kappa shape index (κ2) is 4.08. The average Bonchev–Trinajstić information content (AvgIpc) is 2.76. The quantitative estimate of drug-likeness (QED) is 0.846. The maximum Gasteiger partial charge on any atom is 0.435 e. The molecule has 1 N–H and O–H groups in total. The first-order chi connectivity index (χ1) is 7.47. The Balaban J connectivity index is 2.12. The topological polar surface area (TPSA) is 29.9 Å². The second-order valence-electron chi connectivity index (χ2n) is 4.14. The van der Waals surface area contributed by atoms with Crippen molar-refractivity contribution in [3.63, 3.8) is 0 Å². The van der Waals surface area contributed by atoms with Crippen molar-refractivity contribution in [3.05, 3.63) is 17.5 Å². The summed E-state index contributed by atoms with van der Waals surface area (Å²) in [5.41, 5.74) is -0.246. The van der Waals surface area contributed by atoms with Gasteiger partial charge in [-0.3, -0.25) is 4.68 Å². The van der Waals surface area contributed by atoms with Crippen LogP contribution in [0.5, 0.6) is 0 Å². The van der Waals surface area contributed by atoms with Crippen molar-refractivity contribution in [2.45, 2.75) is 38.5 Å². The molecule has 2 heterocycles. The third kappa shape index (κ3) is 2.37. The number of rotatable bonds is 2. The van der Waals surface area contributed by atoms with E-state index in [0.29, 0.717) is 12.2 Å². The van der Waals surface area contributed by atoms with Crippen LogP contribution in [0.3, 0.4) is 0 Å². The maximum absolute atomic E-state index is 12.4. The third-order valence-electron chi connectivity index (χ3n) is 2.83. The first kappa shape index (κ1) is 11.4. The third-order valence-corrected chi connectivity index (χ3v) is 2.83. The lowest BCUT2D eigenvalue weighted by Gasteiger charge is -2.11. The minimum atomic E-state index is -4.35. The molecule has 0 aliphatic carbocycles. The predicted octanol–water partition coefficient (Wildman–Crippen LogP) is 1.96. The van der Waals surface area contributed by atoms with Crippen molar-refractivity contribution in [2.24, 2.45) is 0 Å². The Morgan fingerprint density at radius 2 is 2.31 bits per heavy atom. The van der Waals surface area contributed by atoms with E-state index in [1.165, 1.54) is 4.68 Å². The molecule has 6 heteroatoms. The van der Waals surface area contributed by atoms with Crippen LogP contribution in [-0.4, -0.2) is 22.4 Å². The summed E-state index contributed by atoms with van der Waals surface area (Å²) in [5, 5.41) is 6.83. The van der Waals surface area contributed by atoms with E-state index < -0.39 is 11.9 Å². The van der Waals surface area contributed by atoms with Gasteiger partial charge < -0.3 is 5.32 Å². The van der Waals surface area contributed by atoms with Gasteiger partial charge >= 0.3 is 6.18 Å². The van der Waals surface area contributed by atoms with Crippen molar-refractivity contribution >= 4 is 0 Å². The number of aryl methyl sites for hydroxylation is 1. The van der Waals surface area contributed by atoms with Gasteiger partial charge in [0, 0.05) is 11.7 Å². The van der Waals surface area contributed by atoms with E-state index in [1.807, 2.05) is 0 Å². The molecule has 0 bridgehead atoms. The van der Waals surface area contributed by atoms with Crippen LogP contribution in [0, 0.1) is 6.92 Å². The highest BCUT2D eigenvalue weighted by Crippen LogP contribution is 2.28. The molecule has 0 aromatic carbocycles. The number of nitrogens with zero attached hydrogens (tertiary/aromatic N) is 2. The number of halogens is 3. The molecule has 1 aliphatic heterocycles. The Hall–Kier alpha value is -1.04. The zero-order valence-electron chi connectivity index (χ0n) is 9.01. The van der Waals surface area contributed by atoms with Gasteiger partial charge in [-0.15, -0.1) is 0 Å². The molecule has 3 nitrogen and oxygen atoms in total. The molecule has 1 fully saturated rings. The molecule has 90 valence electrons. The standard InChI is InChI=1S/C10H14F3N3/c1-7-5-9(10(11,12)13)15-16(7)6-8-3-2-4-14-8/h5,8,14H,2-4,6H2,1H3/t8-/m1/s1. The summed E-state index contributed by atoms with van der Waals surface area (Å²) in [6.07, 6.45) is -2.27. The highest BCUT2D eigenvalue weighted by molar-refractivity contribution is 5.11. The number of nitrogens with one attached hydrogen (secondary N) is 1. The molecular formula is C10H14F3N3. The largest absolute Gasteiger partial charge is 0.435 e. The summed E-state index contributed by atoms with van der Waals surface area (Å²) < 4.78 is 38.6. The van der Waals surface area contributed by atoms with Gasteiger partial charge in [-0.25, -0.2) is 0 Å². The molecular weight excluding hydrogens is 219 g/mol. The van der Waals surface area contributed by atoms with Crippen molar-refractivity contribution in [3.8, 4) is 0 Å². The Kier molecular flexibility index (Phi) is 2.92. The molecule has 1 saturated heterocycles. The lowest BCUT2D eigenvalue weighted by atomic mass is 10.2. The number of aromatic nitrogens is 2. The normalized spacial score (nSPS) is 21.6.